The highest BCUT2D eigenvalue weighted by Gasteiger charge is 2.15. The van der Waals surface area contributed by atoms with Gasteiger partial charge in [-0.1, -0.05) is 35.9 Å². The summed E-state index contributed by atoms with van der Waals surface area (Å²) < 4.78 is 33.2. The van der Waals surface area contributed by atoms with Crippen molar-refractivity contribution in [1.82, 2.24) is 0 Å². The standard InChI is InChI=1S/C15H9Cl2F2O/c1-2-3-20-12-7-13(18)15(14(19)8-12)9-4-10(16)6-11(17)5-9/h2,4-5,7-8H,1,3H2. The zero-order chi connectivity index (χ0) is 14.7. The molecular formula is C15H9Cl2F2O. The summed E-state index contributed by atoms with van der Waals surface area (Å²) in [4.78, 5) is 0. The quantitative estimate of drug-likeness (QED) is 0.696. The number of ether oxygens (including phenoxy) is 1. The van der Waals surface area contributed by atoms with Crippen molar-refractivity contribution in [2.75, 3.05) is 6.61 Å². The van der Waals surface area contributed by atoms with Gasteiger partial charge in [0.15, 0.2) is 0 Å². The Bertz CT molecular complexity index is 613. The Kier molecular flexibility index (Phi) is 4.63. The van der Waals surface area contributed by atoms with Gasteiger partial charge in [-0.25, -0.2) is 8.78 Å². The van der Waals surface area contributed by atoms with Crippen LogP contribution in [0.4, 0.5) is 8.78 Å². The Hall–Kier alpha value is -1.58. The Balaban J connectivity index is 2.49. The van der Waals surface area contributed by atoms with Crippen LogP contribution in [-0.2, 0) is 0 Å². The molecule has 0 spiro atoms. The van der Waals surface area contributed by atoms with Crippen molar-refractivity contribution in [3.8, 4) is 16.9 Å². The Morgan fingerprint density at radius 3 is 2.15 bits per heavy atom. The molecule has 1 nitrogen and oxygen atoms in total. The molecule has 0 aliphatic rings. The second kappa shape index (κ2) is 6.25. The molecule has 2 rings (SSSR count). The average molecular weight is 314 g/mol. The van der Waals surface area contributed by atoms with Crippen LogP contribution in [-0.4, -0.2) is 6.61 Å². The Morgan fingerprint density at radius 1 is 1.10 bits per heavy atom. The average Bonchev–Trinajstić information content (AvgIpc) is 2.34. The lowest BCUT2D eigenvalue weighted by atomic mass is 10.0. The van der Waals surface area contributed by atoms with Crippen LogP contribution < -0.4 is 4.74 Å². The Labute approximate surface area is 125 Å². The molecule has 20 heavy (non-hydrogen) atoms. The van der Waals surface area contributed by atoms with Gasteiger partial charge in [0.05, 0.1) is 15.6 Å². The number of halogens is 4. The monoisotopic (exact) mass is 313 g/mol. The molecule has 0 atom stereocenters. The van der Waals surface area contributed by atoms with Crippen LogP contribution in [0.15, 0.2) is 36.9 Å². The van der Waals surface area contributed by atoms with Gasteiger partial charge >= 0.3 is 0 Å². The third-order valence-corrected chi connectivity index (χ3v) is 2.88. The van der Waals surface area contributed by atoms with E-state index in [0.717, 1.165) is 12.1 Å². The second-order valence-corrected chi connectivity index (χ2v) is 4.74. The maximum Gasteiger partial charge on any atom is 0.137 e. The van der Waals surface area contributed by atoms with Gasteiger partial charge in [-0.05, 0) is 17.7 Å². The molecule has 0 saturated carbocycles. The van der Waals surface area contributed by atoms with E-state index in [-0.39, 0.29) is 33.5 Å². The van der Waals surface area contributed by atoms with Crippen molar-refractivity contribution < 1.29 is 13.5 Å². The van der Waals surface area contributed by atoms with E-state index in [1.165, 1.54) is 18.2 Å². The molecule has 0 heterocycles. The molecule has 5 heteroatoms. The minimum atomic E-state index is -0.762. The van der Waals surface area contributed by atoms with Crippen LogP contribution in [0, 0.1) is 17.7 Å². The van der Waals surface area contributed by atoms with Gasteiger partial charge < -0.3 is 4.74 Å². The highest BCUT2D eigenvalue weighted by molar-refractivity contribution is 6.34. The molecule has 103 valence electrons. The molecule has 2 aromatic carbocycles. The first-order valence-electron chi connectivity index (χ1n) is 5.62. The fraction of sp³-hybridized carbons (Fsp3) is 0.0667. The summed E-state index contributed by atoms with van der Waals surface area (Å²) in [6.07, 6.45) is 1.48. The number of hydrogen-bond acceptors (Lipinski definition) is 1. The molecule has 0 unspecified atom stereocenters. The maximum atomic E-state index is 14.0. The van der Waals surface area contributed by atoms with E-state index >= 15 is 0 Å². The highest BCUT2D eigenvalue weighted by Crippen LogP contribution is 2.33. The van der Waals surface area contributed by atoms with Crippen LogP contribution in [0.25, 0.3) is 11.1 Å². The molecule has 0 aromatic heterocycles. The topological polar surface area (TPSA) is 9.23 Å². The summed E-state index contributed by atoms with van der Waals surface area (Å²) in [6, 6.07) is 7.58. The zero-order valence-corrected chi connectivity index (χ0v) is 11.7. The third kappa shape index (κ3) is 3.30. The fourth-order valence-electron chi connectivity index (χ4n) is 1.71. The molecule has 0 N–H and O–H groups in total. The number of rotatable bonds is 4. The van der Waals surface area contributed by atoms with Crippen molar-refractivity contribution in [3.63, 3.8) is 0 Å². The van der Waals surface area contributed by atoms with Crippen molar-refractivity contribution in [3.05, 3.63) is 64.7 Å². The van der Waals surface area contributed by atoms with Crippen molar-refractivity contribution >= 4 is 23.2 Å². The number of hydrogen-bond donors (Lipinski definition) is 0. The van der Waals surface area contributed by atoms with Gasteiger partial charge in [-0.15, -0.1) is 0 Å². The predicted molar refractivity (Wildman–Crippen MR) is 76.3 cm³/mol. The van der Waals surface area contributed by atoms with E-state index in [2.05, 4.69) is 12.6 Å². The van der Waals surface area contributed by atoms with Gasteiger partial charge in [0.25, 0.3) is 0 Å². The SMILES string of the molecule is C=CCOc1cc(F)c(-c2cc(Cl)[c]c(Cl)c2)c(F)c1. The van der Waals surface area contributed by atoms with Crippen LogP contribution in [0.3, 0.4) is 0 Å². The van der Waals surface area contributed by atoms with Gasteiger partial charge in [0, 0.05) is 18.2 Å². The minimum Gasteiger partial charge on any atom is -0.489 e. The first-order valence-corrected chi connectivity index (χ1v) is 6.38. The van der Waals surface area contributed by atoms with Crippen LogP contribution in [0.2, 0.25) is 10.0 Å². The van der Waals surface area contributed by atoms with E-state index < -0.39 is 11.6 Å². The lowest BCUT2D eigenvalue weighted by Crippen LogP contribution is -1.97. The predicted octanol–water partition coefficient (Wildman–Crippen LogP) is 5.30. The first-order chi connectivity index (χ1) is 9.51. The maximum absolute atomic E-state index is 14.0. The summed E-state index contributed by atoms with van der Waals surface area (Å²) in [5.41, 5.74) is 0.0257. The summed E-state index contributed by atoms with van der Waals surface area (Å²) in [5.74, 6) is -1.44. The molecule has 0 fully saturated rings. The van der Waals surface area contributed by atoms with E-state index in [0.29, 0.717) is 0 Å². The molecular weight excluding hydrogens is 305 g/mol. The van der Waals surface area contributed by atoms with Crippen molar-refractivity contribution in [1.29, 1.82) is 0 Å². The molecule has 1 radical (unpaired) electrons. The summed E-state index contributed by atoms with van der Waals surface area (Å²) >= 11 is 11.6. The lowest BCUT2D eigenvalue weighted by Gasteiger charge is -2.09. The van der Waals surface area contributed by atoms with Gasteiger partial charge in [0.1, 0.15) is 24.0 Å². The van der Waals surface area contributed by atoms with Crippen LogP contribution >= 0.6 is 23.2 Å². The van der Waals surface area contributed by atoms with E-state index in [9.17, 15) is 8.78 Å². The van der Waals surface area contributed by atoms with Gasteiger partial charge in [-0.2, -0.15) is 0 Å². The molecule has 0 amide bonds. The first kappa shape index (κ1) is 14.8. The van der Waals surface area contributed by atoms with Gasteiger partial charge in [-0.3, -0.25) is 0 Å². The van der Waals surface area contributed by atoms with E-state index in [1.54, 1.807) is 0 Å². The normalized spacial score (nSPS) is 10.4. The van der Waals surface area contributed by atoms with Crippen LogP contribution in [0.1, 0.15) is 0 Å². The van der Waals surface area contributed by atoms with Gasteiger partial charge in [0.2, 0.25) is 0 Å². The number of benzene rings is 2. The van der Waals surface area contributed by atoms with E-state index in [4.69, 9.17) is 27.9 Å². The molecule has 0 saturated heterocycles. The van der Waals surface area contributed by atoms with Crippen LogP contribution in [0.5, 0.6) is 5.75 Å². The highest BCUT2D eigenvalue weighted by atomic mass is 35.5. The zero-order valence-electron chi connectivity index (χ0n) is 10.2. The smallest absolute Gasteiger partial charge is 0.137 e. The molecule has 2 aromatic rings. The summed E-state index contributed by atoms with van der Waals surface area (Å²) in [5, 5.41) is 0.358. The summed E-state index contributed by atoms with van der Waals surface area (Å²) in [7, 11) is 0. The molecule has 0 bridgehead atoms. The largest absolute Gasteiger partial charge is 0.489 e. The Morgan fingerprint density at radius 2 is 1.65 bits per heavy atom. The summed E-state index contributed by atoms with van der Waals surface area (Å²) in [6.45, 7) is 3.62. The van der Waals surface area contributed by atoms with Crippen molar-refractivity contribution in [2.45, 2.75) is 0 Å². The molecule has 0 aliphatic carbocycles. The van der Waals surface area contributed by atoms with Crippen molar-refractivity contribution in [2.24, 2.45) is 0 Å². The fourth-order valence-corrected chi connectivity index (χ4v) is 2.20. The minimum absolute atomic E-state index is 0.0864. The lowest BCUT2D eigenvalue weighted by molar-refractivity contribution is 0.358. The van der Waals surface area contributed by atoms with E-state index in [1.807, 2.05) is 0 Å². The third-order valence-electron chi connectivity index (χ3n) is 2.48. The second-order valence-electron chi connectivity index (χ2n) is 3.93. The molecule has 0 aliphatic heterocycles.